The summed E-state index contributed by atoms with van der Waals surface area (Å²) in [5.74, 6) is 0.648. The van der Waals surface area contributed by atoms with E-state index in [1.807, 2.05) is 36.4 Å². The summed E-state index contributed by atoms with van der Waals surface area (Å²) in [6.45, 7) is 3.92. The van der Waals surface area contributed by atoms with Gasteiger partial charge in [0.1, 0.15) is 22.1 Å². The molecule has 176 valence electrons. The molecule has 1 amide bonds. The Morgan fingerprint density at radius 2 is 1.88 bits per heavy atom. The largest absolute Gasteiger partial charge is 0.495 e. The van der Waals surface area contributed by atoms with Gasteiger partial charge in [0.15, 0.2) is 0 Å². The molecule has 3 aromatic rings. The van der Waals surface area contributed by atoms with Gasteiger partial charge in [0.25, 0.3) is 5.91 Å². The number of nitrogens with one attached hydrogen (secondary N) is 1. The third-order valence-corrected chi connectivity index (χ3v) is 6.66. The number of rotatable bonds is 10. The lowest BCUT2D eigenvalue weighted by molar-refractivity contribution is 0.0792. The Morgan fingerprint density at radius 3 is 2.55 bits per heavy atom. The van der Waals surface area contributed by atoms with Crippen molar-refractivity contribution in [2.24, 2.45) is 0 Å². The second-order valence-corrected chi connectivity index (χ2v) is 9.70. The van der Waals surface area contributed by atoms with Crippen LogP contribution in [0.1, 0.15) is 36.4 Å². The van der Waals surface area contributed by atoms with E-state index >= 15 is 0 Å². The summed E-state index contributed by atoms with van der Waals surface area (Å²) in [6, 6.07) is 15.8. The molecule has 0 spiro atoms. The first-order valence-corrected chi connectivity index (χ1v) is 12.2. The minimum absolute atomic E-state index is 0.0620. The molecular formula is C24H29N3O5S. The fraction of sp³-hybridized carbons (Fsp3) is 0.333. The lowest BCUT2D eigenvalue weighted by Gasteiger charge is -2.18. The van der Waals surface area contributed by atoms with Crippen LogP contribution in [-0.2, 0) is 16.4 Å². The number of aromatic nitrogens is 1. The standard InChI is InChI=1S/C24H29N3O5S/c1-17(2)26-33(29,30)23-15-19(12-13-22(23)31-4)24(28)27(3)14-8-11-20-16-21(25-32-20)18-9-6-5-7-10-18/h5-7,9-10,12-13,15-17,26H,8,11,14H2,1-4H3. The van der Waals surface area contributed by atoms with Gasteiger partial charge in [-0.1, -0.05) is 35.5 Å². The molecule has 9 heteroatoms. The summed E-state index contributed by atoms with van der Waals surface area (Å²) in [5.41, 5.74) is 2.03. The summed E-state index contributed by atoms with van der Waals surface area (Å²) in [4.78, 5) is 14.4. The van der Waals surface area contributed by atoms with Gasteiger partial charge in [0, 0.05) is 43.2 Å². The van der Waals surface area contributed by atoms with Crippen LogP contribution in [0.4, 0.5) is 0 Å². The molecule has 1 heterocycles. The van der Waals surface area contributed by atoms with Crippen molar-refractivity contribution in [3.63, 3.8) is 0 Å². The van der Waals surface area contributed by atoms with Crippen LogP contribution < -0.4 is 9.46 Å². The molecule has 2 aromatic carbocycles. The maximum Gasteiger partial charge on any atom is 0.253 e. The molecule has 0 fully saturated rings. The minimum Gasteiger partial charge on any atom is -0.495 e. The highest BCUT2D eigenvalue weighted by Crippen LogP contribution is 2.26. The molecule has 0 aliphatic heterocycles. The number of benzene rings is 2. The summed E-state index contributed by atoms with van der Waals surface area (Å²) in [6.07, 6.45) is 1.29. The molecule has 0 aliphatic carbocycles. The molecule has 0 atom stereocenters. The van der Waals surface area contributed by atoms with Crippen molar-refractivity contribution < 1.29 is 22.5 Å². The molecule has 0 bridgehead atoms. The van der Waals surface area contributed by atoms with E-state index < -0.39 is 10.0 Å². The topological polar surface area (TPSA) is 102 Å². The van der Waals surface area contributed by atoms with E-state index in [1.54, 1.807) is 31.9 Å². The molecule has 3 rings (SSSR count). The number of methoxy groups -OCH3 is 1. The minimum atomic E-state index is -3.82. The Morgan fingerprint density at radius 1 is 1.15 bits per heavy atom. The number of carbonyl (C=O) groups excluding carboxylic acids is 1. The van der Waals surface area contributed by atoms with Crippen LogP contribution in [-0.4, -0.2) is 51.1 Å². The molecule has 33 heavy (non-hydrogen) atoms. The van der Waals surface area contributed by atoms with Crippen molar-refractivity contribution >= 4 is 15.9 Å². The van der Waals surface area contributed by atoms with Crippen LogP contribution in [0.15, 0.2) is 64.0 Å². The van der Waals surface area contributed by atoms with Crippen LogP contribution in [0, 0.1) is 0 Å². The van der Waals surface area contributed by atoms with Gasteiger partial charge < -0.3 is 14.2 Å². The van der Waals surface area contributed by atoms with Gasteiger partial charge in [-0.15, -0.1) is 0 Å². The molecule has 1 aromatic heterocycles. The number of amides is 1. The number of sulfonamides is 1. The molecule has 0 unspecified atom stereocenters. The van der Waals surface area contributed by atoms with E-state index in [1.165, 1.54) is 19.2 Å². The highest BCUT2D eigenvalue weighted by molar-refractivity contribution is 7.89. The average molecular weight is 472 g/mol. The number of carbonyl (C=O) groups is 1. The predicted octanol–water partition coefficient (Wildman–Crippen LogP) is 3.74. The molecular weight excluding hydrogens is 442 g/mol. The van der Waals surface area contributed by atoms with Crippen LogP contribution in [0.2, 0.25) is 0 Å². The van der Waals surface area contributed by atoms with Crippen molar-refractivity contribution in [2.45, 2.75) is 37.6 Å². The Hall–Kier alpha value is -3.17. The smallest absolute Gasteiger partial charge is 0.253 e. The van der Waals surface area contributed by atoms with E-state index in [4.69, 9.17) is 9.26 Å². The Bertz CT molecular complexity index is 1190. The fourth-order valence-corrected chi connectivity index (χ4v) is 4.83. The summed E-state index contributed by atoms with van der Waals surface area (Å²) in [5, 5.41) is 4.11. The zero-order valence-corrected chi connectivity index (χ0v) is 20.1. The van der Waals surface area contributed by atoms with Gasteiger partial charge in [-0.25, -0.2) is 13.1 Å². The molecule has 0 saturated carbocycles. The van der Waals surface area contributed by atoms with Gasteiger partial charge in [0.2, 0.25) is 10.0 Å². The van der Waals surface area contributed by atoms with Gasteiger partial charge in [0.05, 0.1) is 7.11 Å². The van der Waals surface area contributed by atoms with Crippen molar-refractivity contribution in [1.29, 1.82) is 0 Å². The van der Waals surface area contributed by atoms with E-state index in [0.717, 1.165) is 17.0 Å². The normalized spacial score (nSPS) is 11.5. The monoisotopic (exact) mass is 471 g/mol. The molecule has 0 aliphatic rings. The number of ether oxygens (including phenoxy) is 1. The Labute approximate surface area is 194 Å². The average Bonchev–Trinajstić information content (AvgIpc) is 3.26. The van der Waals surface area contributed by atoms with Gasteiger partial charge in [-0.2, -0.15) is 0 Å². The van der Waals surface area contributed by atoms with Gasteiger partial charge >= 0.3 is 0 Å². The Balaban J connectivity index is 1.64. The fourth-order valence-electron chi connectivity index (χ4n) is 3.38. The maximum absolute atomic E-state index is 12.9. The number of aryl methyl sites for hydroxylation is 1. The third kappa shape index (κ3) is 6.21. The van der Waals surface area contributed by atoms with Crippen LogP contribution in [0.25, 0.3) is 11.3 Å². The van der Waals surface area contributed by atoms with Crippen molar-refractivity contribution in [3.8, 4) is 17.0 Å². The van der Waals surface area contributed by atoms with Crippen LogP contribution in [0.5, 0.6) is 5.75 Å². The van der Waals surface area contributed by atoms with Crippen molar-refractivity contribution in [1.82, 2.24) is 14.8 Å². The Kier molecular flexibility index (Phi) is 7.88. The van der Waals surface area contributed by atoms with Crippen LogP contribution >= 0.6 is 0 Å². The van der Waals surface area contributed by atoms with E-state index in [2.05, 4.69) is 9.88 Å². The quantitative estimate of drug-likeness (QED) is 0.483. The van der Waals surface area contributed by atoms with E-state index in [0.29, 0.717) is 19.4 Å². The van der Waals surface area contributed by atoms with Gasteiger partial charge in [-0.3, -0.25) is 4.79 Å². The summed E-state index contributed by atoms with van der Waals surface area (Å²) >= 11 is 0. The number of nitrogens with zero attached hydrogens (tertiary/aromatic N) is 2. The number of hydrogen-bond acceptors (Lipinski definition) is 6. The maximum atomic E-state index is 12.9. The summed E-state index contributed by atoms with van der Waals surface area (Å²) < 4.78 is 38.5. The third-order valence-electron chi connectivity index (χ3n) is 4.98. The van der Waals surface area contributed by atoms with Gasteiger partial charge in [-0.05, 0) is 38.5 Å². The second-order valence-electron chi connectivity index (χ2n) is 8.02. The molecule has 0 radical (unpaired) electrons. The first kappa shape index (κ1) is 24.5. The predicted molar refractivity (Wildman–Crippen MR) is 126 cm³/mol. The summed E-state index contributed by atoms with van der Waals surface area (Å²) in [7, 11) is -0.746. The van der Waals surface area contributed by atoms with E-state index in [-0.39, 0.29) is 28.2 Å². The first-order chi connectivity index (χ1) is 15.7. The van der Waals surface area contributed by atoms with Crippen molar-refractivity contribution in [3.05, 3.63) is 65.9 Å². The zero-order valence-electron chi connectivity index (χ0n) is 19.2. The SMILES string of the molecule is COc1ccc(C(=O)N(C)CCCc2cc(-c3ccccc3)no2)cc1S(=O)(=O)NC(C)C. The zero-order chi connectivity index (χ0) is 24.0. The highest BCUT2D eigenvalue weighted by Gasteiger charge is 2.23. The lowest BCUT2D eigenvalue weighted by Crippen LogP contribution is -2.31. The van der Waals surface area contributed by atoms with Crippen LogP contribution in [0.3, 0.4) is 0 Å². The lowest BCUT2D eigenvalue weighted by atomic mass is 10.1. The highest BCUT2D eigenvalue weighted by atomic mass is 32.2. The molecule has 8 nitrogen and oxygen atoms in total. The van der Waals surface area contributed by atoms with E-state index in [9.17, 15) is 13.2 Å². The number of hydrogen-bond donors (Lipinski definition) is 1. The first-order valence-electron chi connectivity index (χ1n) is 10.7. The molecule has 1 N–H and O–H groups in total. The molecule has 0 saturated heterocycles. The van der Waals surface area contributed by atoms with Crippen molar-refractivity contribution in [2.75, 3.05) is 20.7 Å². The second kappa shape index (κ2) is 10.6.